The zero-order valence-electron chi connectivity index (χ0n) is 11.4. The fourth-order valence-corrected chi connectivity index (χ4v) is 2.54. The lowest BCUT2D eigenvalue weighted by molar-refractivity contribution is 0.0898. The summed E-state index contributed by atoms with van der Waals surface area (Å²) in [5, 5.41) is 9.53. The number of hydrogen-bond acceptors (Lipinski definition) is 3. The monoisotopic (exact) mass is 354 g/mol. The molecule has 0 aliphatic carbocycles. The van der Waals surface area contributed by atoms with E-state index in [-0.39, 0.29) is 16.5 Å². The molecule has 1 aliphatic heterocycles. The Bertz CT molecular complexity index is 820. The minimum Gasteiger partial charge on any atom is -0.477 e. The van der Waals surface area contributed by atoms with Crippen molar-refractivity contribution in [1.82, 2.24) is 0 Å². The molecule has 2 aromatic rings. The summed E-state index contributed by atoms with van der Waals surface area (Å²) in [5.74, 6) is -0.138. The quantitative estimate of drug-likeness (QED) is 0.743. The lowest BCUT2D eigenvalue weighted by Gasteiger charge is -2.26. The minimum atomic E-state index is -1.48. The Kier molecular flexibility index (Phi) is 4.15. The van der Waals surface area contributed by atoms with Crippen molar-refractivity contribution < 1.29 is 23.8 Å². The third kappa shape index (κ3) is 3.25. The summed E-state index contributed by atoms with van der Waals surface area (Å²) < 4.78 is 23.9. The van der Waals surface area contributed by atoms with Gasteiger partial charge in [-0.15, -0.1) is 0 Å². The van der Waals surface area contributed by atoms with Gasteiger partial charge >= 0.3 is 6.16 Å². The van der Waals surface area contributed by atoms with Gasteiger partial charge in [-0.1, -0.05) is 29.3 Å². The van der Waals surface area contributed by atoms with Crippen molar-refractivity contribution in [3.8, 4) is 5.75 Å². The van der Waals surface area contributed by atoms with Crippen molar-refractivity contribution in [2.45, 2.75) is 6.10 Å². The summed E-state index contributed by atoms with van der Waals surface area (Å²) >= 11 is 11.9. The summed E-state index contributed by atoms with van der Waals surface area (Å²) in [6.45, 7) is 0. The predicted octanol–water partition coefficient (Wildman–Crippen LogP) is 5.30. The maximum Gasteiger partial charge on any atom is 0.511 e. The molecule has 118 valence electrons. The van der Waals surface area contributed by atoms with Crippen molar-refractivity contribution in [2.24, 2.45) is 0 Å². The Morgan fingerprint density at radius 2 is 1.96 bits per heavy atom. The van der Waals surface area contributed by atoms with Crippen LogP contribution in [0.4, 0.5) is 9.18 Å². The molecule has 23 heavy (non-hydrogen) atoms. The highest BCUT2D eigenvalue weighted by Crippen LogP contribution is 2.39. The lowest BCUT2D eigenvalue weighted by atomic mass is 10.0. The van der Waals surface area contributed by atoms with Crippen LogP contribution in [0, 0.1) is 5.82 Å². The van der Waals surface area contributed by atoms with Crippen molar-refractivity contribution in [1.29, 1.82) is 0 Å². The second-order valence-corrected chi connectivity index (χ2v) is 5.58. The van der Waals surface area contributed by atoms with Crippen LogP contribution in [0.2, 0.25) is 10.0 Å². The Balaban J connectivity index is 2.07. The lowest BCUT2D eigenvalue weighted by Crippen LogP contribution is -2.18. The Morgan fingerprint density at radius 1 is 1.17 bits per heavy atom. The molecule has 0 radical (unpaired) electrons. The highest BCUT2D eigenvalue weighted by molar-refractivity contribution is 6.42. The van der Waals surface area contributed by atoms with E-state index in [1.54, 1.807) is 12.1 Å². The summed E-state index contributed by atoms with van der Waals surface area (Å²) in [7, 11) is 0. The van der Waals surface area contributed by atoms with Gasteiger partial charge in [0.25, 0.3) is 0 Å². The molecular formula is C16H9Cl2FO4. The van der Waals surface area contributed by atoms with Gasteiger partial charge in [-0.2, -0.15) is 0 Å². The smallest absolute Gasteiger partial charge is 0.477 e. The Labute approximate surface area is 140 Å². The summed E-state index contributed by atoms with van der Waals surface area (Å²) in [6.07, 6.45) is -0.870. The number of rotatable bonds is 2. The van der Waals surface area contributed by atoms with Gasteiger partial charge in [-0.05, 0) is 30.3 Å². The molecule has 3 rings (SSSR count). The van der Waals surface area contributed by atoms with Gasteiger partial charge < -0.3 is 14.6 Å². The van der Waals surface area contributed by atoms with Crippen molar-refractivity contribution in [2.75, 3.05) is 0 Å². The van der Waals surface area contributed by atoms with Crippen LogP contribution in [-0.4, -0.2) is 11.3 Å². The van der Waals surface area contributed by atoms with E-state index in [2.05, 4.69) is 0 Å². The highest BCUT2D eigenvalue weighted by atomic mass is 35.5. The van der Waals surface area contributed by atoms with Crippen LogP contribution in [0.3, 0.4) is 0 Å². The number of carbonyl (C=O) groups is 1. The molecule has 1 unspecified atom stereocenters. The van der Waals surface area contributed by atoms with Gasteiger partial charge in [0.15, 0.2) is 11.9 Å². The average Bonchev–Trinajstić information content (AvgIpc) is 2.49. The second kappa shape index (κ2) is 6.10. The van der Waals surface area contributed by atoms with E-state index in [0.717, 1.165) is 0 Å². The standard InChI is InChI=1S/C16H9Cl2FO4/c17-11-4-2-9(5-12(11)18)15-14(23-16(20)21)6-8-1-3-10(19)7-13(8)22-15/h1-7,15H,(H,20,21). The van der Waals surface area contributed by atoms with E-state index in [1.165, 1.54) is 30.3 Å². The maximum atomic E-state index is 13.4. The zero-order valence-corrected chi connectivity index (χ0v) is 12.9. The van der Waals surface area contributed by atoms with Gasteiger partial charge in [0.2, 0.25) is 0 Å². The molecule has 0 bridgehead atoms. The molecule has 2 aromatic carbocycles. The van der Waals surface area contributed by atoms with Gasteiger partial charge in [-0.3, -0.25) is 0 Å². The molecule has 1 N–H and O–H groups in total. The maximum absolute atomic E-state index is 13.4. The van der Waals surface area contributed by atoms with E-state index < -0.39 is 18.1 Å². The summed E-state index contributed by atoms with van der Waals surface area (Å²) in [6, 6.07) is 8.66. The molecule has 1 aliphatic rings. The highest BCUT2D eigenvalue weighted by Gasteiger charge is 2.28. The van der Waals surface area contributed by atoms with E-state index in [1.807, 2.05) is 0 Å². The first-order valence-electron chi connectivity index (χ1n) is 6.47. The molecule has 1 atom stereocenters. The number of fused-ring (bicyclic) bond motifs is 1. The number of carboxylic acid groups (broad SMARTS) is 1. The second-order valence-electron chi connectivity index (χ2n) is 4.77. The van der Waals surface area contributed by atoms with Crippen LogP contribution in [0.25, 0.3) is 6.08 Å². The minimum absolute atomic E-state index is 0.0509. The van der Waals surface area contributed by atoms with E-state index in [4.69, 9.17) is 37.8 Å². The van der Waals surface area contributed by atoms with Gasteiger partial charge in [0.1, 0.15) is 11.6 Å². The molecular weight excluding hydrogens is 346 g/mol. The molecule has 0 saturated heterocycles. The molecule has 0 aromatic heterocycles. The topological polar surface area (TPSA) is 55.8 Å². The molecule has 0 fully saturated rings. The summed E-state index contributed by atoms with van der Waals surface area (Å²) in [4.78, 5) is 10.9. The van der Waals surface area contributed by atoms with Crippen LogP contribution < -0.4 is 4.74 Å². The average molecular weight is 355 g/mol. The normalized spacial score (nSPS) is 16.1. The Hall–Kier alpha value is -2.24. The molecule has 0 saturated carbocycles. The van der Waals surface area contributed by atoms with E-state index in [0.29, 0.717) is 16.1 Å². The van der Waals surface area contributed by atoms with E-state index >= 15 is 0 Å². The molecule has 4 nitrogen and oxygen atoms in total. The Morgan fingerprint density at radius 3 is 2.65 bits per heavy atom. The van der Waals surface area contributed by atoms with Crippen molar-refractivity contribution in [3.63, 3.8) is 0 Å². The molecule has 7 heteroatoms. The van der Waals surface area contributed by atoms with Crippen LogP contribution in [0.5, 0.6) is 5.75 Å². The molecule has 1 heterocycles. The first kappa shape index (κ1) is 15.6. The van der Waals surface area contributed by atoms with Crippen molar-refractivity contribution in [3.05, 3.63) is 69.1 Å². The van der Waals surface area contributed by atoms with Crippen LogP contribution in [0.15, 0.2) is 42.2 Å². The van der Waals surface area contributed by atoms with Crippen LogP contribution >= 0.6 is 23.2 Å². The number of benzene rings is 2. The fraction of sp³-hybridized carbons (Fsp3) is 0.0625. The first-order chi connectivity index (χ1) is 10.9. The van der Waals surface area contributed by atoms with Gasteiger partial charge in [0, 0.05) is 17.2 Å². The third-order valence-electron chi connectivity index (χ3n) is 3.23. The van der Waals surface area contributed by atoms with Gasteiger partial charge in [0.05, 0.1) is 10.0 Å². The first-order valence-corrected chi connectivity index (χ1v) is 7.23. The summed E-state index contributed by atoms with van der Waals surface area (Å²) in [5.41, 5.74) is 1.04. The molecule has 0 amide bonds. The number of hydrogen-bond donors (Lipinski definition) is 1. The SMILES string of the molecule is O=C(O)OC1=Cc2ccc(F)cc2OC1c1ccc(Cl)c(Cl)c1. The zero-order chi connectivity index (χ0) is 16.6. The number of halogens is 3. The third-order valence-corrected chi connectivity index (χ3v) is 3.97. The van der Waals surface area contributed by atoms with Crippen LogP contribution in [0.1, 0.15) is 17.2 Å². The predicted molar refractivity (Wildman–Crippen MR) is 83.3 cm³/mol. The van der Waals surface area contributed by atoms with Crippen LogP contribution in [-0.2, 0) is 4.74 Å². The van der Waals surface area contributed by atoms with Crippen molar-refractivity contribution >= 4 is 35.4 Å². The van der Waals surface area contributed by atoms with Gasteiger partial charge in [-0.25, -0.2) is 9.18 Å². The molecule has 0 spiro atoms. The largest absolute Gasteiger partial charge is 0.511 e. The number of ether oxygens (including phenoxy) is 2. The van der Waals surface area contributed by atoms with E-state index in [9.17, 15) is 9.18 Å². The fourth-order valence-electron chi connectivity index (χ4n) is 2.24.